The van der Waals surface area contributed by atoms with Crippen LogP contribution in [0.1, 0.15) is 46.6 Å². The SMILES string of the molecule is Cc1ccc(NC(=O)COC(=O)[C@H](C)N2C(=O)[C@@H]3C4c5ccccc5C(c5ccccc54)[C@@H]3C2=O)cc1Cl. The van der Waals surface area contributed by atoms with Gasteiger partial charge in [0.05, 0.1) is 11.8 Å². The van der Waals surface area contributed by atoms with E-state index in [9.17, 15) is 19.2 Å². The number of nitrogens with one attached hydrogen (secondary N) is 1. The van der Waals surface area contributed by atoms with Gasteiger partial charge in [0.1, 0.15) is 6.04 Å². The van der Waals surface area contributed by atoms with Gasteiger partial charge in [-0.05, 0) is 53.8 Å². The molecule has 1 saturated heterocycles. The van der Waals surface area contributed by atoms with Crippen molar-refractivity contribution in [3.05, 3.63) is 99.6 Å². The summed E-state index contributed by atoms with van der Waals surface area (Å²) >= 11 is 6.10. The Morgan fingerprint density at radius 1 is 0.895 bits per heavy atom. The number of imide groups is 1. The Balaban J connectivity index is 1.20. The number of aryl methyl sites for hydroxylation is 1. The van der Waals surface area contributed by atoms with E-state index >= 15 is 0 Å². The molecule has 0 unspecified atom stereocenters. The Kier molecular flexibility index (Phi) is 5.83. The number of carbonyl (C=O) groups excluding carboxylic acids is 4. The van der Waals surface area contributed by atoms with Gasteiger partial charge < -0.3 is 10.1 Å². The Hall–Kier alpha value is -3.97. The Morgan fingerprint density at radius 3 is 1.87 bits per heavy atom. The number of amides is 3. The molecule has 0 spiro atoms. The highest BCUT2D eigenvalue weighted by Gasteiger charge is 2.62. The van der Waals surface area contributed by atoms with Crippen LogP contribution in [0.3, 0.4) is 0 Å². The van der Waals surface area contributed by atoms with Gasteiger partial charge in [-0.3, -0.25) is 19.3 Å². The summed E-state index contributed by atoms with van der Waals surface area (Å²) in [7, 11) is 0. The van der Waals surface area contributed by atoms with E-state index in [0.29, 0.717) is 10.7 Å². The molecule has 3 amide bonds. The zero-order valence-electron chi connectivity index (χ0n) is 20.8. The van der Waals surface area contributed by atoms with Gasteiger partial charge in [0.15, 0.2) is 6.61 Å². The molecule has 0 aromatic heterocycles. The van der Waals surface area contributed by atoms with E-state index in [2.05, 4.69) is 5.32 Å². The maximum Gasteiger partial charge on any atom is 0.329 e. The molecule has 2 bridgehead atoms. The summed E-state index contributed by atoms with van der Waals surface area (Å²) in [5, 5.41) is 3.12. The van der Waals surface area contributed by atoms with Crippen LogP contribution in [0, 0.1) is 18.8 Å². The van der Waals surface area contributed by atoms with Gasteiger partial charge in [0, 0.05) is 22.5 Å². The van der Waals surface area contributed by atoms with Crippen molar-refractivity contribution in [2.75, 3.05) is 11.9 Å². The predicted octanol–water partition coefficient (Wildman–Crippen LogP) is 4.41. The van der Waals surface area contributed by atoms with Gasteiger partial charge in [-0.1, -0.05) is 66.2 Å². The van der Waals surface area contributed by atoms with Crippen LogP contribution in [-0.4, -0.2) is 41.2 Å². The zero-order valence-corrected chi connectivity index (χ0v) is 21.6. The molecule has 0 saturated carbocycles. The van der Waals surface area contributed by atoms with E-state index in [4.69, 9.17) is 16.3 Å². The number of carbonyl (C=O) groups is 4. The molecule has 3 aromatic carbocycles. The molecule has 1 fully saturated rings. The van der Waals surface area contributed by atoms with Crippen LogP contribution in [0.2, 0.25) is 5.02 Å². The largest absolute Gasteiger partial charge is 0.454 e. The highest BCUT2D eigenvalue weighted by atomic mass is 35.5. The first-order valence-corrected chi connectivity index (χ1v) is 12.9. The topological polar surface area (TPSA) is 92.8 Å². The molecule has 1 heterocycles. The monoisotopic (exact) mass is 528 g/mol. The molecule has 3 aliphatic carbocycles. The fraction of sp³-hybridized carbons (Fsp3) is 0.267. The van der Waals surface area contributed by atoms with E-state index in [1.54, 1.807) is 18.2 Å². The predicted molar refractivity (Wildman–Crippen MR) is 141 cm³/mol. The molecule has 0 radical (unpaired) electrons. The van der Waals surface area contributed by atoms with Gasteiger partial charge in [0.25, 0.3) is 5.91 Å². The highest BCUT2D eigenvalue weighted by Crippen LogP contribution is 2.61. The highest BCUT2D eigenvalue weighted by molar-refractivity contribution is 6.31. The third-order valence-electron chi connectivity index (χ3n) is 8.01. The standard InChI is InChI=1S/C30H25ClN2O5/c1-15-11-12-17(13-22(15)31)32-23(34)14-38-30(37)16(2)33-28(35)26-24-18-7-3-4-8-19(18)25(27(26)29(33)36)21-10-6-5-9-20(21)24/h3-13,16,24-27H,14H2,1-2H3,(H,32,34)/t16-,24?,25?,26-,27+/m0/s1. The maximum atomic E-state index is 13.7. The summed E-state index contributed by atoms with van der Waals surface area (Å²) in [6.45, 7) is 2.76. The third-order valence-corrected chi connectivity index (χ3v) is 8.42. The smallest absolute Gasteiger partial charge is 0.329 e. The number of anilines is 1. The first-order valence-electron chi connectivity index (χ1n) is 12.5. The van der Waals surface area contributed by atoms with Crippen molar-refractivity contribution in [2.24, 2.45) is 11.8 Å². The molecule has 8 heteroatoms. The van der Waals surface area contributed by atoms with Crippen LogP contribution < -0.4 is 5.32 Å². The minimum absolute atomic E-state index is 0.255. The van der Waals surface area contributed by atoms with Crippen LogP contribution >= 0.6 is 11.6 Å². The van der Waals surface area contributed by atoms with Crippen LogP contribution in [-0.2, 0) is 23.9 Å². The molecule has 7 rings (SSSR count). The van der Waals surface area contributed by atoms with Crippen LogP contribution in [0.25, 0.3) is 0 Å². The summed E-state index contributed by atoms with van der Waals surface area (Å²) in [5.41, 5.74) is 5.57. The first kappa shape index (κ1) is 24.4. The molecular weight excluding hydrogens is 504 g/mol. The molecule has 38 heavy (non-hydrogen) atoms. The second kappa shape index (κ2) is 9.10. The van der Waals surface area contributed by atoms with Gasteiger partial charge in [-0.2, -0.15) is 0 Å². The van der Waals surface area contributed by atoms with Crippen molar-refractivity contribution in [3.63, 3.8) is 0 Å². The van der Waals surface area contributed by atoms with Gasteiger partial charge >= 0.3 is 5.97 Å². The summed E-state index contributed by atoms with van der Waals surface area (Å²) in [4.78, 5) is 53.8. The molecular formula is C30H25ClN2O5. The molecule has 192 valence electrons. The van der Waals surface area contributed by atoms with Crippen LogP contribution in [0.5, 0.6) is 0 Å². The minimum Gasteiger partial charge on any atom is -0.454 e. The van der Waals surface area contributed by atoms with Crippen molar-refractivity contribution in [1.82, 2.24) is 4.90 Å². The lowest BCUT2D eigenvalue weighted by Crippen LogP contribution is -2.45. The lowest BCUT2D eigenvalue weighted by Gasteiger charge is -2.45. The van der Waals surface area contributed by atoms with E-state index in [-0.39, 0.29) is 23.7 Å². The quantitative estimate of drug-likeness (QED) is 0.391. The van der Waals surface area contributed by atoms with E-state index < -0.39 is 36.4 Å². The second-order valence-corrected chi connectivity index (χ2v) is 10.5. The van der Waals surface area contributed by atoms with E-state index in [1.165, 1.54) is 6.92 Å². The summed E-state index contributed by atoms with van der Waals surface area (Å²) in [6, 6.07) is 19.8. The lowest BCUT2D eigenvalue weighted by atomic mass is 9.55. The number of hydrogen-bond donors (Lipinski definition) is 1. The Bertz CT molecular complexity index is 1400. The van der Waals surface area contributed by atoms with Crippen LogP contribution in [0.4, 0.5) is 5.69 Å². The third kappa shape index (κ3) is 3.64. The van der Waals surface area contributed by atoms with Gasteiger partial charge in [-0.15, -0.1) is 0 Å². The van der Waals surface area contributed by atoms with Crippen molar-refractivity contribution in [1.29, 1.82) is 0 Å². The fourth-order valence-corrected chi connectivity index (χ4v) is 6.49. The number of benzene rings is 3. The van der Waals surface area contributed by atoms with Gasteiger partial charge in [0.2, 0.25) is 11.8 Å². The molecule has 3 atom stereocenters. The number of esters is 1. The van der Waals surface area contributed by atoms with E-state index in [1.807, 2.05) is 55.5 Å². The average Bonchev–Trinajstić information content (AvgIpc) is 3.19. The fourth-order valence-electron chi connectivity index (χ4n) is 6.31. The number of ether oxygens (including phenoxy) is 1. The lowest BCUT2D eigenvalue weighted by molar-refractivity contribution is -0.159. The zero-order chi connectivity index (χ0) is 26.7. The number of rotatable bonds is 5. The second-order valence-electron chi connectivity index (χ2n) is 10.1. The van der Waals surface area contributed by atoms with Crippen molar-refractivity contribution >= 4 is 41.0 Å². The summed E-state index contributed by atoms with van der Waals surface area (Å²) in [6.07, 6.45) is 0. The number of halogens is 1. The summed E-state index contributed by atoms with van der Waals surface area (Å²) < 4.78 is 5.22. The van der Waals surface area contributed by atoms with Crippen molar-refractivity contribution in [2.45, 2.75) is 31.7 Å². The molecule has 1 aliphatic heterocycles. The molecule has 7 nitrogen and oxygen atoms in total. The van der Waals surface area contributed by atoms with Gasteiger partial charge in [-0.25, -0.2) is 4.79 Å². The molecule has 1 N–H and O–H groups in total. The summed E-state index contributed by atoms with van der Waals surface area (Å²) in [5.74, 6) is -3.79. The van der Waals surface area contributed by atoms with Crippen LogP contribution in [0.15, 0.2) is 66.7 Å². The van der Waals surface area contributed by atoms with E-state index in [0.717, 1.165) is 32.7 Å². The Morgan fingerprint density at radius 2 is 1.39 bits per heavy atom. The first-order chi connectivity index (χ1) is 18.3. The molecule has 4 aliphatic rings. The maximum absolute atomic E-state index is 13.7. The number of hydrogen-bond acceptors (Lipinski definition) is 5. The molecule has 3 aromatic rings. The van der Waals surface area contributed by atoms with Crippen molar-refractivity contribution in [3.8, 4) is 0 Å². The minimum atomic E-state index is -1.16. The van der Waals surface area contributed by atoms with Crippen molar-refractivity contribution < 1.29 is 23.9 Å². The normalized spacial score (nSPS) is 23.4. The number of likely N-dealkylation sites (tertiary alicyclic amines) is 1. The average molecular weight is 529 g/mol. The Labute approximate surface area is 224 Å². The number of nitrogens with zero attached hydrogens (tertiary/aromatic N) is 1.